The zero-order chi connectivity index (χ0) is 11.9. The maximum absolute atomic E-state index is 5.56. The second-order valence-corrected chi connectivity index (χ2v) is 4.07. The van der Waals surface area contributed by atoms with Gasteiger partial charge in [0.15, 0.2) is 0 Å². The quantitative estimate of drug-likeness (QED) is 0.767. The summed E-state index contributed by atoms with van der Waals surface area (Å²) >= 11 is 0. The molecule has 1 atom stereocenters. The van der Waals surface area contributed by atoms with Crippen LogP contribution >= 0.6 is 0 Å². The van der Waals surface area contributed by atoms with Crippen molar-refractivity contribution in [2.75, 3.05) is 38.9 Å². The van der Waals surface area contributed by atoms with Gasteiger partial charge < -0.3 is 19.5 Å². The molecule has 1 N–H and O–H groups in total. The van der Waals surface area contributed by atoms with Crippen LogP contribution < -0.4 is 10.1 Å². The number of hydrogen-bond acceptors (Lipinski definition) is 4. The van der Waals surface area contributed by atoms with E-state index in [0.717, 1.165) is 31.1 Å². The fourth-order valence-electron chi connectivity index (χ4n) is 1.80. The van der Waals surface area contributed by atoms with Gasteiger partial charge in [0.2, 0.25) is 0 Å². The summed E-state index contributed by atoms with van der Waals surface area (Å²) in [6, 6.07) is 8.41. The molecule has 0 aliphatic carbocycles. The lowest BCUT2D eigenvalue weighted by Gasteiger charge is -2.13. The summed E-state index contributed by atoms with van der Waals surface area (Å²) in [5.41, 5.74) is 1.08. The van der Waals surface area contributed by atoms with E-state index >= 15 is 0 Å². The van der Waals surface area contributed by atoms with E-state index in [-0.39, 0.29) is 0 Å². The first kappa shape index (κ1) is 12.2. The molecule has 0 radical (unpaired) electrons. The van der Waals surface area contributed by atoms with Crippen LogP contribution in [-0.2, 0) is 9.47 Å². The van der Waals surface area contributed by atoms with Crippen LogP contribution in [0.1, 0.15) is 6.42 Å². The standard InChI is InChI=1S/C13H19NO3/c1-15-7-8-17-13-4-2-3-11(9-13)14-12-5-6-16-10-12/h2-4,9,12,14H,5-8,10H2,1H3. The molecule has 2 rings (SSSR count). The van der Waals surface area contributed by atoms with Crippen molar-refractivity contribution in [1.29, 1.82) is 0 Å². The van der Waals surface area contributed by atoms with Gasteiger partial charge in [-0.15, -0.1) is 0 Å². The van der Waals surface area contributed by atoms with E-state index in [1.165, 1.54) is 0 Å². The van der Waals surface area contributed by atoms with Crippen LogP contribution in [0.3, 0.4) is 0 Å². The zero-order valence-electron chi connectivity index (χ0n) is 10.1. The fraction of sp³-hybridized carbons (Fsp3) is 0.538. The third-order valence-corrected chi connectivity index (χ3v) is 2.69. The summed E-state index contributed by atoms with van der Waals surface area (Å²) in [5.74, 6) is 0.867. The van der Waals surface area contributed by atoms with Gasteiger partial charge in [0.25, 0.3) is 0 Å². The van der Waals surface area contributed by atoms with Crippen LogP contribution in [0.5, 0.6) is 5.75 Å². The SMILES string of the molecule is COCCOc1cccc(NC2CCOC2)c1. The first-order chi connectivity index (χ1) is 8.38. The molecule has 1 aromatic carbocycles. The van der Waals surface area contributed by atoms with Crippen molar-refractivity contribution in [2.45, 2.75) is 12.5 Å². The second kappa shape index (κ2) is 6.47. The number of methoxy groups -OCH3 is 1. The first-order valence-electron chi connectivity index (χ1n) is 5.94. The molecule has 1 fully saturated rings. The first-order valence-corrected chi connectivity index (χ1v) is 5.94. The molecule has 1 heterocycles. The lowest BCUT2D eigenvalue weighted by Crippen LogP contribution is -2.18. The molecule has 0 saturated carbocycles. The van der Waals surface area contributed by atoms with E-state index in [4.69, 9.17) is 14.2 Å². The zero-order valence-corrected chi connectivity index (χ0v) is 10.1. The molecule has 0 bridgehead atoms. The number of anilines is 1. The highest BCUT2D eigenvalue weighted by Crippen LogP contribution is 2.19. The van der Waals surface area contributed by atoms with Crippen molar-refractivity contribution in [3.8, 4) is 5.75 Å². The Hall–Kier alpha value is -1.26. The Morgan fingerprint density at radius 1 is 1.41 bits per heavy atom. The van der Waals surface area contributed by atoms with Gasteiger partial charge in [0.05, 0.1) is 19.3 Å². The average Bonchev–Trinajstić information content (AvgIpc) is 2.83. The molecule has 0 amide bonds. The lowest BCUT2D eigenvalue weighted by atomic mass is 10.2. The van der Waals surface area contributed by atoms with E-state index in [9.17, 15) is 0 Å². The molecule has 1 aromatic rings. The van der Waals surface area contributed by atoms with E-state index in [0.29, 0.717) is 19.3 Å². The summed E-state index contributed by atoms with van der Waals surface area (Å²) in [5, 5.41) is 3.44. The molecular weight excluding hydrogens is 218 g/mol. The van der Waals surface area contributed by atoms with Gasteiger partial charge in [0, 0.05) is 25.5 Å². The molecular formula is C13H19NO3. The largest absolute Gasteiger partial charge is 0.491 e. The molecule has 94 valence electrons. The predicted molar refractivity (Wildman–Crippen MR) is 66.7 cm³/mol. The normalized spacial score (nSPS) is 19.2. The van der Waals surface area contributed by atoms with Gasteiger partial charge in [-0.25, -0.2) is 0 Å². The molecule has 1 aliphatic rings. The van der Waals surface area contributed by atoms with Crippen LogP contribution in [0.25, 0.3) is 0 Å². The highest BCUT2D eigenvalue weighted by Gasteiger charge is 2.14. The Labute approximate surface area is 102 Å². The Balaban J connectivity index is 1.86. The molecule has 0 aromatic heterocycles. The van der Waals surface area contributed by atoms with E-state index in [1.807, 2.05) is 24.3 Å². The average molecular weight is 237 g/mol. The fourth-order valence-corrected chi connectivity index (χ4v) is 1.80. The van der Waals surface area contributed by atoms with Crippen molar-refractivity contribution in [1.82, 2.24) is 0 Å². The summed E-state index contributed by atoms with van der Waals surface area (Å²) < 4.78 is 15.8. The minimum absolute atomic E-state index is 0.421. The van der Waals surface area contributed by atoms with Crippen LogP contribution in [0.2, 0.25) is 0 Å². The van der Waals surface area contributed by atoms with Gasteiger partial charge in [-0.2, -0.15) is 0 Å². The Kier molecular flexibility index (Phi) is 4.64. The van der Waals surface area contributed by atoms with Crippen molar-refractivity contribution in [3.05, 3.63) is 24.3 Å². The van der Waals surface area contributed by atoms with Crippen LogP contribution in [0.4, 0.5) is 5.69 Å². The molecule has 17 heavy (non-hydrogen) atoms. The van der Waals surface area contributed by atoms with Crippen molar-refractivity contribution < 1.29 is 14.2 Å². The maximum Gasteiger partial charge on any atom is 0.121 e. The second-order valence-electron chi connectivity index (χ2n) is 4.07. The van der Waals surface area contributed by atoms with E-state index in [1.54, 1.807) is 7.11 Å². The summed E-state index contributed by atoms with van der Waals surface area (Å²) in [6.07, 6.45) is 1.06. The smallest absolute Gasteiger partial charge is 0.121 e. The van der Waals surface area contributed by atoms with E-state index < -0.39 is 0 Å². The number of rotatable bonds is 6. The molecule has 1 saturated heterocycles. The summed E-state index contributed by atoms with van der Waals surface area (Å²) in [6.45, 7) is 2.82. The van der Waals surface area contributed by atoms with Crippen molar-refractivity contribution in [2.24, 2.45) is 0 Å². The van der Waals surface area contributed by atoms with Crippen LogP contribution in [0, 0.1) is 0 Å². The van der Waals surface area contributed by atoms with Gasteiger partial charge >= 0.3 is 0 Å². The Morgan fingerprint density at radius 3 is 3.12 bits per heavy atom. The third kappa shape index (κ3) is 3.91. The van der Waals surface area contributed by atoms with Gasteiger partial charge in [0.1, 0.15) is 12.4 Å². The highest BCUT2D eigenvalue weighted by atomic mass is 16.5. The Bertz CT molecular complexity index is 337. The minimum atomic E-state index is 0.421. The topological polar surface area (TPSA) is 39.7 Å². The van der Waals surface area contributed by atoms with Crippen LogP contribution in [0.15, 0.2) is 24.3 Å². The molecule has 4 nitrogen and oxygen atoms in total. The number of hydrogen-bond donors (Lipinski definition) is 1. The number of ether oxygens (including phenoxy) is 3. The summed E-state index contributed by atoms with van der Waals surface area (Å²) in [7, 11) is 1.67. The number of nitrogens with one attached hydrogen (secondary N) is 1. The van der Waals surface area contributed by atoms with Crippen LogP contribution in [-0.4, -0.2) is 39.6 Å². The molecule has 0 spiro atoms. The molecule has 1 unspecified atom stereocenters. The molecule has 4 heteroatoms. The molecule has 1 aliphatic heterocycles. The third-order valence-electron chi connectivity index (χ3n) is 2.69. The predicted octanol–water partition coefficient (Wildman–Crippen LogP) is 1.91. The minimum Gasteiger partial charge on any atom is -0.491 e. The van der Waals surface area contributed by atoms with Gasteiger partial charge in [-0.3, -0.25) is 0 Å². The van der Waals surface area contributed by atoms with Crippen molar-refractivity contribution >= 4 is 5.69 Å². The summed E-state index contributed by atoms with van der Waals surface area (Å²) in [4.78, 5) is 0. The Morgan fingerprint density at radius 2 is 2.35 bits per heavy atom. The lowest BCUT2D eigenvalue weighted by molar-refractivity contribution is 0.146. The number of benzene rings is 1. The van der Waals surface area contributed by atoms with Gasteiger partial charge in [-0.05, 0) is 18.6 Å². The maximum atomic E-state index is 5.56. The monoisotopic (exact) mass is 237 g/mol. The van der Waals surface area contributed by atoms with Gasteiger partial charge in [-0.1, -0.05) is 6.07 Å². The highest BCUT2D eigenvalue weighted by molar-refractivity contribution is 5.49. The van der Waals surface area contributed by atoms with Crippen molar-refractivity contribution in [3.63, 3.8) is 0 Å². The van der Waals surface area contributed by atoms with E-state index in [2.05, 4.69) is 5.32 Å².